The molecule has 1 aromatic rings. The van der Waals surface area contributed by atoms with Gasteiger partial charge in [-0.25, -0.2) is 9.78 Å². The smallest absolute Gasteiger partial charge is 0.322 e. The molecule has 0 aromatic carbocycles. The number of nitrogens with zero attached hydrogens (tertiary/aromatic N) is 3. The molecule has 0 unspecified atom stereocenters. The maximum absolute atomic E-state index is 11.9. The van der Waals surface area contributed by atoms with Crippen LogP contribution >= 0.6 is 0 Å². The molecular formula is C11H15N5O4. The average Bonchev–Trinajstić information content (AvgIpc) is 2.89. The highest BCUT2D eigenvalue weighted by Crippen LogP contribution is 2.09. The summed E-state index contributed by atoms with van der Waals surface area (Å²) >= 11 is 0. The van der Waals surface area contributed by atoms with Crippen molar-refractivity contribution in [2.24, 2.45) is 0 Å². The zero-order valence-electron chi connectivity index (χ0n) is 10.7. The maximum atomic E-state index is 11.9. The molecule has 3 N–H and O–H groups in total. The topological polar surface area (TPSA) is 117 Å². The average molecular weight is 281 g/mol. The summed E-state index contributed by atoms with van der Waals surface area (Å²) in [7, 11) is 0. The van der Waals surface area contributed by atoms with E-state index >= 15 is 0 Å². The van der Waals surface area contributed by atoms with Gasteiger partial charge in [0, 0.05) is 25.5 Å². The minimum atomic E-state index is -1.13. The Hall–Kier alpha value is -2.58. The highest BCUT2D eigenvalue weighted by molar-refractivity contribution is 5.86. The number of nitrogens with one attached hydrogen (secondary N) is 2. The van der Waals surface area contributed by atoms with Crippen LogP contribution in [0.5, 0.6) is 0 Å². The van der Waals surface area contributed by atoms with Gasteiger partial charge < -0.3 is 25.2 Å². The number of carbonyl (C=O) groups excluding carboxylic acids is 2. The van der Waals surface area contributed by atoms with Gasteiger partial charge in [0.2, 0.25) is 5.91 Å². The van der Waals surface area contributed by atoms with Crippen LogP contribution in [-0.2, 0) is 22.7 Å². The second-order valence-corrected chi connectivity index (χ2v) is 4.29. The van der Waals surface area contributed by atoms with Gasteiger partial charge in [-0.3, -0.25) is 9.59 Å². The summed E-state index contributed by atoms with van der Waals surface area (Å²) in [5, 5.41) is 13.0. The first-order valence-electron chi connectivity index (χ1n) is 6.07. The summed E-state index contributed by atoms with van der Waals surface area (Å²) < 4.78 is 1.96. The highest BCUT2D eigenvalue weighted by Gasteiger charge is 2.21. The van der Waals surface area contributed by atoms with Gasteiger partial charge in [-0.05, 0) is 0 Å². The Morgan fingerprint density at radius 1 is 1.25 bits per heavy atom. The number of hydrogen-bond donors (Lipinski definition) is 3. The molecule has 2 rings (SSSR count). The van der Waals surface area contributed by atoms with Crippen molar-refractivity contribution >= 4 is 17.9 Å². The van der Waals surface area contributed by atoms with E-state index in [0.717, 1.165) is 5.82 Å². The SMILES string of the molecule is O=C(O)CNC(=O)CNC(=O)N1CCn2ccnc2C1. The first-order valence-corrected chi connectivity index (χ1v) is 6.07. The van der Waals surface area contributed by atoms with Crippen molar-refractivity contribution in [3.05, 3.63) is 18.2 Å². The predicted octanol–water partition coefficient (Wildman–Crippen LogP) is -1.39. The molecule has 0 fully saturated rings. The third kappa shape index (κ3) is 3.46. The largest absolute Gasteiger partial charge is 0.480 e. The summed E-state index contributed by atoms with van der Waals surface area (Å²) in [6.45, 7) is 0.863. The van der Waals surface area contributed by atoms with E-state index in [2.05, 4.69) is 15.6 Å². The number of rotatable bonds is 4. The van der Waals surface area contributed by atoms with Gasteiger partial charge in [0.25, 0.3) is 0 Å². The fourth-order valence-electron chi connectivity index (χ4n) is 1.85. The molecule has 0 spiro atoms. The minimum absolute atomic E-state index is 0.253. The first kappa shape index (κ1) is 13.8. The van der Waals surface area contributed by atoms with E-state index in [-0.39, 0.29) is 12.6 Å². The van der Waals surface area contributed by atoms with Crippen LogP contribution in [0.1, 0.15) is 5.82 Å². The summed E-state index contributed by atoms with van der Waals surface area (Å²) in [4.78, 5) is 39.1. The Labute approximate surface area is 114 Å². The zero-order valence-corrected chi connectivity index (χ0v) is 10.7. The van der Waals surface area contributed by atoms with Gasteiger partial charge in [-0.2, -0.15) is 0 Å². The molecule has 0 bridgehead atoms. The standard InChI is InChI=1S/C11H15N5O4/c17-9(13-6-10(18)19)5-14-11(20)16-4-3-15-2-1-12-8(15)7-16/h1-2H,3-7H2,(H,13,17)(H,14,20)(H,18,19). The Morgan fingerprint density at radius 2 is 2.05 bits per heavy atom. The molecule has 20 heavy (non-hydrogen) atoms. The van der Waals surface area contributed by atoms with Gasteiger partial charge in [-0.15, -0.1) is 0 Å². The van der Waals surface area contributed by atoms with Crippen LogP contribution < -0.4 is 10.6 Å². The number of amides is 3. The lowest BCUT2D eigenvalue weighted by Gasteiger charge is -2.27. The van der Waals surface area contributed by atoms with Crippen molar-refractivity contribution in [2.75, 3.05) is 19.6 Å². The van der Waals surface area contributed by atoms with Crippen molar-refractivity contribution in [3.8, 4) is 0 Å². The molecule has 1 aliphatic heterocycles. The summed E-state index contributed by atoms with van der Waals surface area (Å²) in [5.41, 5.74) is 0. The number of imidazole rings is 1. The van der Waals surface area contributed by atoms with Crippen LogP contribution in [0.25, 0.3) is 0 Å². The Balaban J connectivity index is 1.76. The normalized spacial score (nSPS) is 13.5. The molecule has 9 heteroatoms. The van der Waals surface area contributed by atoms with Crippen LogP contribution in [0.2, 0.25) is 0 Å². The summed E-state index contributed by atoms with van der Waals surface area (Å²) in [6.07, 6.45) is 3.53. The number of carbonyl (C=O) groups is 3. The van der Waals surface area contributed by atoms with E-state index in [9.17, 15) is 14.4 Å². The third-order valence-corrected chi connectivity index (χ3v) is 2.87. The lowest BCUT2D eigenvalue weighted by molar-refractivity contribution is -0.137. The van der Waals surface area contributed by atoms with Gasteiger partial charge >= 0.3 is 12.0 Å². The van der Waals surface area contributed by atoms with Crippen LogP contribution in [-0.4, -0.2) is 57.1 Å². The van der Waals surface area contributed by atoms with Crippen molar-refractivity contribution in [1.29, 1.82) is 0 Å². The van der Waals surface area contributed by atoms with E-state index in [1.807, 2.05) is 10.8 Å². The minimum Gasteiger partial charge on any atom is -0.480 e. The van der Waals surface area contributed by atoms with Gasteiger partial charge in [0.1, 0.15) is 12.4 Å². The van der Waals surface area contributed by atoms with Crippen LogP contribution in [0.15, 0.2) is 12.4 Å². The van der Waals surface area contributed by atoms with E-state index in [1.54, 1.807) is 11.1 Å². The van der Waals surface area contributed by atoms with Crippen molar-refractivity contribution in [1.82, 2.24) is 25.1 Å². The molecule has 2 heterocycles. The molecule has 0 saturated carbocycles. The number of urea groups is 1. The van der Waals surface area contributed by atoms with Crippen molar-refractivity contribution < 1.29 is 19.5 Å². The fraction of sp³-hybridized carbons (Fsp3) is 0.455. The lowest BCUT2D eigenvalue weighted by atomic mass is 10.4. The second kappa shape index (κ2) is 6.04. The van der Waals surface area contributed by atoms with Crippen LogP contribution in [0.4, 0.5) is 4.79 Å². The lowest BCUT2D eigenvalue weighted by Crippen LogP contribution is -2.47. The monoisotopic (exact) mass is 281 g/mol. The Bertz CT molecular complexity index is 527. The maximum Gasteiger partial charge on any atom is 0.322 e. The van der Waals surface area contributed by atoms with E-state index in [0.29, 0.717) is 19.6 Å². The molecule has 9 nitrogen and oxygen atoms in total. The fourth-order valence-corrected chi connectivity index (χ4v) is 1.85. The van der Waals surface area contributed by atoms with E-state index in [4.69, 9.17) is 5.11 Å². The molecule has 0 radical (unpaired) electrons. The molecule has 0 saturated heterocycles. The highest BCUT2D eigenvalue weighted by atomic mass is 16.4. The quantitative estimate of drug-likeness (QED) is 0.628. The second-order valence-electron chi connectivity index (χ2n) is 4.29. The zero-order chi connectivity index (χ0) is 14.5. The number of aliphatic carboxylic acids is 1. The number of aromatic nitrogens is 2. The molecule has 1 aromatic heterocycles. The Kier molecular flexibility index (Phi) is 4.18. The first-order chi connectivity index (χ1) is 9.56. The molecule has 0 aliphatic carbocycles. The number of hydrogen-bond acceptors (Lipinski definition) is 4. The van der Waals surface area contributed by atoms with Crippen molar-refractivity contribution in [2.45, 2.75) is 13.1 Å². The van der Waals surface area contributed by atoms with Gasteiger partial charge in [0.15, 0.2) is 0 Å². The van der Waals surface area contributed by atoms with E-state index < -0.39 is 18.4 Å². The summed E-state index contributed by atoms with van der Waals surface area (Å²) in [5.74, 6) is -0.881. The molecule has 108 valence electrons. The molecular weight excluding hydrogens is 266 g/mol. The van der Waals surface area contributed by atoms with Gasteiger partial charge in [-0.1, -0.05) is 0 Å². The summed E-state index contributed by atoms with van der Waals surface area (Å²) in [6, 6.07) is -0.371. The molecule has 1 aliphatic rings. The number of fused-ring (bicyclic) bond motifs is 1. The van der Waals surface area contributed by atoms with E-state index in [1.165, 1.54) is 0 Å². The predicted molar refractivity (Wildman–Crippen MR) is 66.7 cm³/mol. The van der Waals surface area contributed by atoms with Crippen LogP contribution in [0, 0.1) is 0 Å². The number of carboxylic acid groups (broad SMARTS) is 1. The third-order valence-electron chi connectivity index (χ3n) is 2.87. The number of carboxylic acids is 1. The van der Waals surface area contributed by atoms with Crippen LogP contribution in [0.3, 0.4) is 0 Å². The van der Waals surface area contributed by atoms with Gasteiger partial charge in [0.05, 0.1) is 13.1 Å². The molecule has 0 atom stereocenters. The molecule has 3 amide bonds. The van der Waals surface area contributed by atoms with Crippen molar-refractivity contribution in [3.63, 3.8) is 0 Å². The Morgan fingerprint density at radius 3 is 2.80 bits per heavy atom.